The Hall–Kier alpha value is -1.00. The summed E-state index contributed by atoms with van der Waals surface area (Å²) in [7, 11) is 0. The van der Waals surface area contributed by atoms with Gasteiger partial charge in [0, 0.05) is 13.1 Å². The van der Waals surface area contributed by atoms with Gasteiger partial charge in [0.25, 0.3) is 5.91 Å². The summed E-state index contributed by atoms with van der Waals surface area (Å²) >= 11 is 0. The lowest BCUT2D eigenvalue weighted by Crippen LogP contribution is -2.38. The summed E-state index contributed by atoms with van der Waals surface area (Å²) in [4.78, 5) is 13.5. The van der Waals surface area contributed by atoms with Crippen molar-refractivity contribution in [1.82, 2.24) is 4.90 Å². The van der Waals surface area contributed by atoms with Crippen LogP contribution in [-0.2, 0) is 4.79 Å². The summed E-state index contributed by atoms with van der Waals surface area (Å²) in [5, 5.41) is 0. The number of allylic oxidation sites excluding steroid dienone is 1. The fraction of sp³-hybridized carbons (Fsp3) is 0.800. The number of hydrogen-bond donors (Lipinski definition) is 0. The zero-order valence-electron chi connectivity index (χ0n) is 12.7. The summed E-state index contributed by atoms with van der Waals surface area (Å²) in [5.74, 6) is -0.868. The first-order chi connectivity index (χ1) is 9.38. The number of unbranched alkanes of at least 4 members (excludes halogenated alkanes) is 3. The Kier molecular flexibility index (Phi) is 9.34. The van der Waals surface area contributed by atoms with Gasteiger partial charge in [0.05, 0.1) is 0 Å². The number of amides is 1. The third-order valence-corrected chi connectivity index (χ3v) is 3.02. The molecule has 0 N–H and O–H groups in total. The molecule has 0 fully saturated rings. The molecule has 0 saturated carbocycles. The smallest absolute Gasteiger partial charge is 0.339 e. The van der Waals surface area contributed by atoms with E-state index in [9.17, 15) is 18.0 Å². The van der Waals surface area contributed by atoms with Gasteiger partial charge in [0.1, 0.15) is 5.57 Å². The van der Waals surface area contributed by atoms with Crippen LogP contribution < -0.4 is 0 Å². The molecule has 5 heteroatoms. The normalized spacial score (nSPS) is 12.6. The van der Waals surface area contributed by atoms with E-state index in [1.807, 2.05) is 13.8 Å². The standard InChI is InChI=1S/C15H26F3NO/c1-4-7-10-13(15(16,17)18)14(20)19(11-8-5-2)12-9-6-3/h10H,4-9,11-12H2,1-3H3/b13-10-. The second-order valence-electron chi connectivity index (χ2n) is 4.90. The number of carbonyl (C=O) groups is 1. The highest BCUT2D eigenvalue weighted by Crippen LogP contribution is 2.28. The van der Waals surface area contributed by atoms with E-state index in [-0.39, 0.29) is 6.42 Å². The molecule has 0 radical (unpaired) electrons. The Morgan fingerprint density at radius 2 is 1.50 bits per heavy atom. The number of nitrogens with zero attached hydrogens (tertiary/aromatic N) is 1. The number of halogens is 3. The largest absolute Gasteiger partial charge is 0.421 e. The molecule has 0 spiro atoms. The molecule has 0 heterocycles. The van der Waals surface area contributed by atoms with E-state index >= 15 is 0 Å². The number of rotatable bonds is 9. The number of alkyl halides is 3. The first kappa shape index (κ1) is 19.0. The Bertz CT molecular complexity index is 303. The predicted molar refractivity (Wildman–Crippen MR) is 75.4 cm³/mol. The van der Waals surface area contributed by atoms with E-state index in [0.717, 1.165) is 31.8 Å². The van der Waals surface area contributed by atoms with Gasteiger partial charge in [-0.3, -0.25) is 4.79 Å². The summed E-state index contributed by atoms with van der Waals surface area (Å²) in [6.45, 7) is 6.50. The van der Waals surface area contributed by atoms with Crippen LogP contribution in [0.15, 0.2) is 11.6 Å². The van der Waals surface area contributed by atoms with E-state index in [1.54, 1.807) is 6.92 Å². The average Bonchev–Trinajstić information content (AvgIpc) is 2.37. The number of hydrogen-bond acceptors (Lipinski definition) is 1. The van der Waals surface area contributed by atoms with Crippen LogP contribution >= 0.6 is 0 Å². The molecule has 0 aliphatic heterocycles. The van der Waals surface area contributed by atoms with E-state index < -0.39 is 17.7 Å². The molecule has 2 nitrogen and oxygen atoms in total. The molecule has 0 bridgehead atoms. The van der Waals surface area contributed by atoms with Crippen molar-refractivity contribution in [2.75, 3.05) is 13.1 Å². The topological polar surface area (TPSA) is 20.3 Å². The van der Waals surface area contributed by atoms with Crippen molar-refractivity contribution in [1.29, 1.82) is 0 Å². The lowest BCUT2D eigenvalue weighted by Gasteiger charge is -2.24. The maximum atomic E-state index is 13.0. The zero-order valence-corrected chi connectivity index (χ0v) is 12.7. The van der Waals surface area contributed by atoms with Crippen molar-refractivity contribution >= 4 is 5.91 Å². The summed E-state index contributed by atoms with van der Waals surface area (Å²) in [6, 6.07) is 0. The lowest BCUT2D eigenvalue weighted by atomic mass is 10.1. The molecule has 0 saturated heterocycles. The first-order valence-corrected chi connectivity index (χ1v) is 7.45. The third kappa shape index (κ3) is 6.96. The van der Waals surface area contributed by atoms with Crippen LogP contribution in [0, 0.1) is 0 Å². The highest BCUT2D eigenvalue weighted by molar-refractivity contribution is 5.94. The highest BCUT2D eigenvalue weighted by Gasteiger charge is 2.39. The first-order valence-electron chi connectivity index (χ1n) is 7.45. The molecule has 0 aliphatic carbocycles. The minimum absolute atomic E-state index is 0.274. The molecule has 118 valence electrons. The Morgan fingerprint density at radius 1 is 1.00 bits per heavy atom. The fourth-order valence-electron chi connectivity index (χ4n) is 1.80. The van der Waals surface area contributed by atoms with Gasteiger partial charge in [-0.05, 0) is 19.3 Å². The van der Waals surface area contributed by atoms with Crippen molar-refractivity contribution in [2.45, 2.75) is 65.5 Å². The maximum absolute atomic E-state index is 13.0. The molecule has 0 aromatic carbocycles. The maximum Gasteiger partial charge on any atom is 0.421 e. The van der Waals surface area contributed by atoms with Crippen molar-refractivity contribution in [2.24, 2.45) is 0 Å². The van der Waals surface area contributed by atoms with E-state index in [1.165, 1.54) is 4.90 Å². The van der Waals surface area contributed by atoms with E-state index in [2.05, 4.69) is 0 Å². The quantitative estimate of drug-likeness (QED) is 0.564. The van der Waals surface area contributed by atoms with Gasteiger partial charge in [-0.25, -0.2) is 0 Å². The molecule has 0 rings (SSSR count). The van der Waals surface area contributed by atoms with Crippen LogP contribution in [0.5, 0.6) is 0 Å². The van der Waals surface area contributed by atoms with Crippen LogP contribution in [0.1, 0.15) is 59.3 Å². The van der Waals surface area contributed by atoms with E-state index in [4.69, 9.17) is 0 Å². The van der Waals surface area contributed by atoms with Crippen LogP contribution in [-0.4, -0.2) is 30.1 Å². The molecule has 0 aromatic heterocycles. The summed E-state index contributed by atoms with van der Waals surface area (Å²) < 4.78 is 38.9. The van der Waals surface area contributed by atoms with Gasteiger partial charge < -0.3 is 4.90 Å². The van der Waals surface area contributed by atoms with Crippen LogP contribution in [0.2, 0.25) is 0 Å². The van der Waals surface area contributed by atoms with E-state index in [0.29, 0.717) is 19.5 Å². The summed E-state index contributed by atoms with van der Waals surface area (Å²) in [6.07, 6.45) is 0.511. The molecule has 0 unspecified atom stereocenters. The Balaban J connectivity index is 5.03. The molecular weight excluding hydrogens is 267 g/mol. The van der Waals surface area contributed by atoms with Crippen LogP contribution in [0.3, 0.4) is 0 Å². The summed E-state index contributed by atoms with van der Waals surface area (Å²) in [5.41, 5.74) is -1.01. The zero-order chi connectivity index (χ0) is 15.6. The Labute approximate surface area is 120 Å². The van der Waals surface area contributed by atoms with Crippen LogP contribution in [0.4, 0.5) is 13.2 Å². The van der Waals surface area contributed by atoms with Gasteiger partial charge in [0.15, 0.2) is 0 Å². The second-order valence-corrected chi connectivity index (χ2v) is 4.90. The van der Waals surface area contributed by atoms with Crippen molar-refractivity contribution in [3.63, 3.8) is 0 Å². The van der Waals surface area contributed by atoms with Crippen molar-refractivity contribution in [3.8, 4) is 0 Å². The molecule has 0 aliphatic rings. The minimum atomic E-state index is -4.57. The molecule has 0 aromatic rings. The second kappa shape index (κ2) is 9.83. The lowest BCUT2D eigenvalue weighted by molar-refractivity contribution is -0.139. The van der Waals surface area contributed by atoms with Gasteiger partial charge >= 0.3 is 6.18 Å². The highest BCUT2D eigenvalue weighted by atomic mass is 19.4. The Morgan fingerprint density at radius 3 is 1.85 bits per heavy atom. The number of carbonyl (C=O) groups excluding carboxylic acids is 1. The van der Waals surface area contributed by atoms with Gasteiger partial charge in [0.2, 0.25) is 0 Å². The fourth-order valence-corrected chi connectivity index (χ4v) is 1.80. The van der Waals surface area contributed by atoms with Gasteiger partial charge in [-0.15, -0.1) is 0 Å². The van der Waals surface area contributed by atoms with Crippen molar-refractivity contribution < 1.29 is 18.0 Å². The minimum Gasteiger partial charge on any atom is -0.339 e. The van der Waals surface area contributed by atoms with Gasteiger partial charge in [-0.2, -0.15) is 13.2 Å². The van der Waals surface area contributed by atoms with Crippen molar-refractivity contribution in [3.05, 3.63) is 11.6 Å². The SMILES string of the molecule is CCC/C=C(/C(=O)N(CCCC)CCCC)C(F)(F)F. The monoisotopic (exact) mass is 293 g/mol. The molecule has 1 amide bonds. The molecule has 0 atom stereocenters. The third-order valence-electron chi connectivity index (χ3n) is 3.02. The molecular formula is C15H26F3NO. The predicted octanol–water partition coefficient (Wildman–Crippen LogP) is 4.70. The van der Waals surface area contributed by atoms with Crippen LogP contribution in [0.25, 0.3) is 0 Å². The molecule has 20 heavy (non-hydrogen) atoms. The van der Waals surface area contributed by atoms with Gasteiger partial charge in [-0.1, -0.05) is 46.1 Å². The average molecular weight is 293 g/mol.